The first-order valence-corrected chi connectivity index (χ1v) is 21.9. The molecule has 0 aliphatic carbocycles. The van der Waals surface area contributed by atoms with Gasteiger partial charge in [-0.1, -0.05) is 121 Å². The highest BCUT2D eigenvalue weighted by molar-refractivity contribution is 6.10. The number of fused-ring (bicyclic) bond motifs is 20. The molecule has 70 heavy (non-hydrogen) atoms. The quantitative estimate of drug-likeness (QED) is 0.141. The number of H-pyrrole nitrogens is 2. The highest BCUT2D eigenvalue weighted by Crippen LogP contribution is 2.46. The third kappa shape index (κ3) is 7.89. The standard InChI is InChI=1S/C56H34N8O4.Al.ClH.3H/c1-5-17-33(18-6-1)65-41-29-13-25-37-45(41)53-57-49(37)62-54-47-39(27-15-31-43(47)67-35-21-9-3-10-22-35)51(59-54)64-56-48-40(28-16-32-44(48)68-36-23-11-4-12-24-36)52(60-56)63-55-46-38(50(58-55)61-53)26-14-30-42(46)66-34-19-7-2-8-20-34;;;;;/h1-32H,(H2,57,58,59,60,61,62,63,64);;1H;;;. The molecule has 0 radical (unpaired) electrons. The topological polar surface area (TPSA) is 146 Å². The molecule has 8 bridgehead atoms. The number of aromatic amines is 2. The number of nitrogens with zero attached hydrogens (tertiary/aromatic N) is 6. The molecule has 0 saturated heterocycles. The van der Waals surface area contributed by atoms with E-state index in [1.165, 1.54) is 0 Å². The van der Waals surface area contributed by atoms with E-state index < -0.39 is 0 Å². The number of nitrogens with one attached hydrogen (secondary N) is 2. The average Bonchev–Trinajstić information content (AvgIpc) is 4.12. The van der Waals surface area contributed by atoms with Gasteiger partial charge in [-0.2, -0.15) is 0 Å². The first-order chi connectivity index (χ1) is 33.7. The molecule has 0 amide bonds. The summed E-state index contributed by atoms with van der Waals surface area (Å²) in [5, 5.41) is 2.87. The maximum atomic E-state index is 6.59. The largest absolute Gasteiger partial charge is 0.457 e. The van der Waals surface area contributed by atoms with Crippen LogP contribution < -0.4 is 18.9 Å². The van der Waals surface area contributed by atoms with Gasteiger partial charge in [0.25, 0.3) is 0 Å². The number of benzene rings is 8. The van der Waals surface area contributed by atoms with Crippen molar-refractivity contribution in [2.75, 3.05) is 0 Å². The van der Waals surface area contributed by atoms with E-state index in [0.29, 0.717) is 125 Å². The van der Waals surface area contributed by atoms with E-state index in [-0.39, 0.29) is 29.8 Å². The van der Waals surface area contributed by atoms with Crippen molar-refractivity contribution in [3.63, 3.8) is 0 Å². The zero-order chi connectivity index (χ0) is 45.0. The molecular formula is C56H38AlClN8O4. The fraction of sp³-hybridized carbons (Fsp3) is 0. The van der Waals surface area contributed by atoms with Gasteiger partial charge in [-0.3, -0.25) is 0 Å². The normalized spacial score (nSPS) is 11.2. The Hall–Kier alpha value is -8.86. The van der Waals surface area contributed by atoms with Crippen LogP contribution in [0.15, 0.2) is 194 Å². The Kier molecular flexibility index (Phi) is 11.4. The van der Waals surface area contributed by atoms with Crippen molar-refractivity contribution < 1.29 is 18.9 Å². The Bertz CT molecular complexity index is 3680. The average molecular weight is 949 g/mol. The van der Waals surface area contributed by atoms with Crippen LogP contribution in [0.3, 0.4) is 0 Å². The summed E-state index contributed by atoms with van der Waals surface area (Å²) in [6.07, 6.45) is 0. The third-order valence-electron chi connectivity index (χ3n) is 11.7. The first-order valence-electron chi connectivity index (χ1n) is 21.9. The van der Waals surface area contributed by atoms with Gasteiger partial charge in [0.2, 0.25) is 0 Å². The number of aromatic nitrogens is 8. The minimum absolute atomic E-state index is 0. The van der Waals surface area contributed by atoms with Crippen LogP contribution in [0.5, 0.6) is 46.0 Å². The second kappa shape index (κ2) is 18.3. The molecule has 5 heterocycles. The van der Waals surface area contributed by atoms with Crippen LogP contribution in [0.25, 0.3) is 89.7 Å². The van der Waals surface area contributed by atoms with E-state index in [2.05, 4.69) is 9.97 Å². The number of ether oxygens (including phenoxy) is 4. The molecule has 2 aliphatic heterocycles. The lowest BCUT2D eigenvalue weighted by molar-refractivity contribution is 0.484. The SMILES string of the molecule is Cl.[AlH3].c1ccc(Oc2cccc3c2-c2nc-3nc3[nH]c(nc4nc(nc5[nH]c(n2)c2cccc(Oc6ccccc6)c52)-c2cccc(Oc5ccccc5)c2-4)c2cccc(Oc4ccccc4)c32)cc1. The Balaban J connectivity index is 0.00000267. The molecule has 12 nitrogen and oxygen atoms in total. The van der Waals surface area contributed by atoms with Gasteiger partial charge in [-0.15, -0.1) is 12.4 Å². The van der Waals surface area contributed by atoms with Crippen LogP contribution in [-0.4, -0.2) is 57.2 Å². The predicted molar refractivity (Wildman–Crippen MR) is 279 cm³/mol. The summed E-state index contributed by atoms with van der Waals surface area (Å²) in [6, 6.07) is 61.8. The second-order valence-electron chi connectivity index (χ2n) is 16.0. The van der Waals surface area contributed by atoms with Crippen molar-refractivity contribution in [1.29, 1.82) is 0 Å². The molecule has 0 unspecified atom stereocenters. The van der Waals surface area contributed by atoms with Gasteiger partial charge in [0.1, 0.15) is 68.6 Å². The maximum absolute atomic E-state index is 6.59. The monoisotopic (exact) mass is 948 g/mol. The van der Waals surface area contributed by atoms with Crippen molar-refractivity contribution in [3.05, 3.63) is 194 Å². The molecule has 0 fully saturated rings. The van der Waals surface area contributed by atoms with E-state index in [1.54, 1.807) is 0 Å². The molecule has 0 saturated carbocycles. The number of para-hydroxylation sites is 4. The van der Waals surface area contributed by atoms with Gasteiger partial charge in [0, 0.05) is 21.9 Å². The van der Waals surface area contributed by atoms with Crippen molar-refractivity contribution in [1.82, 2.24) is 39.9 Å². The fourth-order valence-corrected chi connectivity index (χ4v) is 8.66. The summed E-state index contributed by atoms with van der Waals surface area (Å²) in [5.41, 5.74) is 4.68. The Morgan fingerprint density at radius 2 is 0.600 bits per heavy atom. The zero-order valence-corrected chi connectivity index (χ0v) is 37.0. The number of rotatable bonds is 8. The van der Waals surface area contributed by atoms with Crippen molar-refractivity contribution in [3.8, 4) is 91.5 Å². The van der Waals surface area contributed by atoms with Gasteiger partial charge < -0.3 is 28.9 Å². The van der Waals surface area contributed by atoms with Crippen molar-refractivity contribution >= 4 is 73.9 Å². The van der Waals surface area contributed by atoms with E-state index >= 15 is 0 Å². The van der Waals surface area contributed by atoms with E-state index in [4.69, 9.17) is 48.9 Å². The van der Waals surface area contributed by atoms with Crippen LogP contribution >= 0.6 is 12.4 Å². The van der Waals surface area contributed by atoms with E-state index in [1.807, 2.05) is 194 Å². The summed E-state index contributed by atoms with van der Waals surface area (Å²) in [4.78, 5) is 38.8. The van der Waals surface area contributed by atoms with Gasteiger partial charge in [0.05, 0.1) is 21.9 Å². The molecule has 336 valence electrons. The summed E-state index contributed by atoms with van der Waals surface area (Å²) >= 11 is 0. The molecule has 8 aromatic carbocycles. The Morgan fingerprint density at radius 3 is 0.971 bits per heavy atom. The number of hydrogen-bond donors (Lipinski definition) is 2. The zero-order valence-electron chi connectivity index (χ0n) is 36.2. The molecule has 14 heteroatoms. The van der Waals surface area contributed by atoms with E-state index in [0.717, 1.165) is 10.8 Å². The van der Waals surface area contributed by atoms with Crippen LogP contribution in [0.4, 0.5) is 0 Å². The van der Waals surface area contributed by atoms with Gasteiger partial charge in [-0.25, -0.2) is 29.9 Å². The van der Waals surface area contributed by atoms with Crippen LogP contribution in [0.2, 0.25) is 0 Å². The predicted octanol–water partition coefficient (Wildman–Crippen LogP) is 13.3. The highest BCUT2D eigenvalue weighted by Gasteiger charge is 2.28. The molecule has 0 spiro atoms. The van der Waals surface area contributed by atoms with Gasteiger partial charge in [-0.05, 0) is 72.8 Å². The molecule has 0 atom stereocenters. The van der Waals surface area contributed by atoms with Crippen LogP contribution in [0, 0.1) is 0 Å². The lowest BCUT2D eigenvalue weighted by Crippen LogP contribution is -1.90. The summed E-state index contributed by atoms with van der Waals surface area (Å²) in [6.45, 7) is 0. The Morgan fingerprint density at radius 1 is 0.286 bits per heavy atom. The maximum Gasteiger partial charge on any atom is 0.187 e. The van der Waals surface area contributed by atoms with Gasteiger partial charge in [0.15, 0.2) is 40.7 Å². The molecule has 2 aliphatic rings. The third-order valence-corrected chi connectivity index (χ3v) is 11.7. The Labute approximate surface area is 416 Å². The molecular weight excluding hydrogens is 911 g/mol. The van der Waals surface area contributed by atoms with Crippen LogP contribution in [0.1, 0.15) is 0 Å². The molecule has 13 rings (SSSR count). The number of halogens is 1. The minimum Gasteiger partial charge on any atom is -0.457 e. The van der Waals surface area contributed by atoms with Crippen molar-refractivity contribution in [2.45, 2.75) is 0 Å². The fourth-order valence-electron chi connectivity index (χ4n) is 8.66. The summed E-state index contributed by atoms with van der Waals surface area (Å²) in [7, 11) is 0. The number of hydrogen-bond acceptors (Lipinski definition) is 10. The lowest BCUT2D eigenvalue weighted by Gasteiger charge is -2.10. The second-order valence-corrected chi connectivity index (χ2v) is 16.0. The molecule has 11 aromatic rings. The van der Waals surface area contributed by atoms with Crippen molar-refractivity contribution in [2.24, 2.45) is 0 Å². The molecule has 3 aromatic heterocycles. The van der Waals surface area contributed by atoms with Gasteiger partial charge >= 0.3 is 0 Å². The lowest BCUT2D eigenvalue weighted by atomic mass is 10.1. The summed E-state index contributed by atoms with van der Waals surface area (Å²) in [5.74, 6) is 6.47. The summed E-state index contributed by atoms with van der Waals surface area (Å²) < 4.78 is 26.4. The highest BCUT2D eigenvalue weighted by atomic mass is 35.5. The minimum atomic E-state index is 0. The smallest absolute Gasteiger partial charge is 0.187 e. The van der Waals surface area contributed by atoms with Crippen LogP contribution in [-0.2, 0) is 0 Å². The van der Waals surface area contributed by atoms with E-state index in [9.17, 15) is 0 Å². The molecule has 2 N–H and O–H groups in total. The first kappa shape index (κ1) is 43.7.